The van der Waals surface area contributed by atoms with Gasteiger partial charge < -0.3 is 20.9 Å². The maximum absolute atomic E-state index is 14.7. The van der Waals surface area contributed by atoms with E-state index >= 15 is 0 Å². The molecule has 2 aromatic heterocycles. The summed E-state index contributed by atoms with van der Waals surface area (Å²) in [5, 5.41) is 6.34. The number of aromatic nitrogens is 2. The first-order valence-corrected chi connectivity index (χ1v) is 13.3. The number of aryl methyl sites for hydroxylation is 1. The number of halogens is 3. The summed E-state index contributed by atoms with van der Waals surface area (Å²) in [4.78, 5) is 18.3. The monoisotopic (exact) mass is 542 g/mol. The van der Waals surface area contributed by atoms with Crippen LogP contribution in [-0.4, -0.2) is 71.4 Å². The van der Waals surface area contributed by atoms with E-state index in [-0.39, 0.29) is 37.0 Å². The summed E-state index contributed by atoms with van der Waals surface area (Å²) in [7, 11) is 3.46. The van der Waals surface area contributed by atoms with Crippen LogP contribution in [0.1, 0.15) is 34.6 Å². The average Bonchev–Trinajstić information content (AvgIpc) is 3.18. The number of carbonyl (C=O) groups excluding carboxylic acids is 1. The van der Waals surface area contributed by atoms with Crippen molar-refractivity contribution in [1.29, 1.82) is 0 Å². The Kier molecular flexibility index (Phi) is 7.45. The summed E-state index contributed by atoms with van der Waals surface area (Å²) in [6.07, 6.45) is -0.508. The molecule has 1 amide bonds. The molecule has 2 aliphatic heterocycles. The number of piperidine rings is 1. The van der Waals surface area contributed by atoms with Crippen LogP contribution in [0, 0.1) is 11.8 Å². The number of hydrogen-bond donors (Lipinski definition) is 3. The van der Waals surface area contributed by atoms with Crippen molar-refractivity contribution >= 4 is 34.7 Å². The predicted molar refractivity (Wildman–Crippen MR) is 144 cm³/mol. The number of hydrogen-bond acceptors (Lipinski definition) is 6. The number of nitrogens with zero attached hydrogens (tertiary/aromatic N) is 3. The van der Waals surface area contributed by atoms with Gasteiger partial charge in [0.25, 0.3) is 11.2 Å². The summed E-state index contributed by atoms with van der Waals surface area (Å²) in [5.74, 6) is 5.77. The number of rotatable bonds is 5. The van der Waals surface area contributed by atoms with Crippen LogP contribution >= 0.6 is 11.8 Å². The van der Waals surface area contributed by atoms with E-state index in [1.165, 1.54) is 0 Å². The number of thioether (sulfide) groups is 1. The van der Waals surface area contributed by atoms with Gasteiger partial charge in [-0.25, -0.2) is 9.37 Å². The Labute approximate surface area is 223 Å². The van der Waals surface area contributed by atoms with E-state index in [4.69, 9.17) is 0 Å². The third kappa shape index (κ3) is 5.56. The van der Waals surface area contributed by atoms with Gasteiger partial charge in [0.15, 0.2) is 5.65 Å². The zero-order valence-corrected chi connectivity index (χ0v) is 22.0. The van der Waals surface area contributed by atoms with Gasteiger partial charge in [0.2, 0.25) is 0 Å². The van der Waals surface area contributed by atoms with Crippen LogP contribution in [0.15, 0.2) is 41.4 Å². The Bertz CT molecular complexity index is 1400. The van der Waals surface area contributed by atoms with Crippen LogP contribution < -0.4 is 16.0 Å². The molecule has 4 heterocycles. The lowest BCUT2D eigenvalue weighted by Gasteiger charge is -2.33. The summed E-state index contributed by atoms with van der Waals surface area (Å²) in [6.45, 7) is 1.36. The van der Waals surface area contributed by atoms with Crippen molar-refractivity contribution in [1.82, 2.24) is 19.6 Å². The smallest absolute Gasteiger partial charge is 0.300 e. The number of nitrogens with one attached hydrogen (secondary N) is 3. The molecule has 0 spiro atoms. The van der Waals surface area contributed by atoms with Crippen molar-refractivity contribution in [3.8, 4) is 11.8 Å². The number of amides is 1. The molecule has 11 heteroatoms. The van der Waals surface area contributed by atoms with Crippen LogP contribution in [0.25, 0.3) is 5.65 Å². The van der Waals surface area contributed by atoms with Crippen molar-refractivity contribution in [2.75, 3.05) is 44.4 Å². The molecule has 2 aliphatic rings. The van der Waals surface area contributed by atoms with E-state index in [1.54, 1.807) is 35.7 Å². The number of likely N-dealkylation sites (tertiary alicyclic amines) is 1. The summed E-state index contributed by atoms with van der Waals surface area (Å²) < 4.78 is 45.8. The van der Waals surface area contributed by atoms with Crippen LogP contribution in [0.4, 0.5) is 24.5 Å². The molecule has 0 unspecified atom stereocenters. The predicted octanol–water partition coefficient (Wildman–Crippen LogP) is 4.24. The normalized spacial score (nSPS) is 20.8. The van der Waals surface area contributed by atoms with Gasteiger partial charge in [0, 0.05) is 43.5 Å². The van der Waals surface area contributed by atoms with E-state index in [2.05, 4.69) is 32.8 Å². The minimum atomic E-state index is -2.96. The van der Waals surface area contributed by atoms with E-state index < -0.39 is 11.4 Å². The van der Waals surface area contributed by atoms with Gasteiger partial charge in [-0.15, -0.1) is 0 Å². The highest BCUT2D eigenvalue weighted by atomic mass is 32.2. The molecule has 0 saturated carbocycles. The molecule has 1 fully saturated rings. The van der Waals surface area contributed by atoms with E-state index in [9.17, 15) is 18.0 Å². The van der Waals surface area contributed by atoms with E-state index in [0.29, 0.717) is 46.7 Å². The van der Waals surface area contributed by atoms with Crippen LogP contribution in [0.5, 0.6) is 0 Å². The second kappa shape index (κ2) is 10.8. The van der Waals surface area contributed by atoms with Crippen molar-refractivity contribution in [2.45, 2.75) is 41.8 Å². The first-order valence-electron chi connectivity index (χ1n) is 12.5. The zero-order valence-electron chi connectivity index (χ0n) is 21.2. The lowest BCUT2D eigenvalue weighted by Crippen LogP contribution is -2.46. The van der Waals surface area contributed by atoms with Crippen molar-refractivity contribution < 1.29 is 18.0 Å². The second-order valence-electron chi connectivity index (χ2n) is 9.53. The third-order valence-corrected chi connectivity index (χ3v) is 7.84. The Morgan fingerprint density at radius 2 is 2.03 bits per heavy atom. The molecule has 2 atom stereocenters. The van der Waals surface area contributed by atoms with Gasteiger partial charge in [-0.1, -0.05) is 5.92 Å². The van der Waals surface area contributed by atoms with Gasteiger partial charge in [0.1, 0.15) is 16.9 Å². The van der Waals surface area contributed by atoms with Gasteiger partial charge in [-0.05, 0) is 74.0 Å². The maximum atomic E-state index is 14.7. The Morgan fingerprint density at radius 1 is 1.24 bits per heavy atom. The second-order valence-corrected chi connectivity index (χ2v) is 10.7. The molecule has 38 heavy (non-hydrogen) atoms. The fourth-order valence-electron chi connectivity index (χ4n) is 4.71. The quantitative estimate of drug-likeness (QED) is 0.419. The summed E-state index contributed by atoms with van der Waals surface area (Å²) in [6, 6.07) is 10.2. The van der Waals surface area contributed by atoms with Gasteiger partial charge in [0.05, 0.1) is 18.3 Å². The number of benzene rings is 1. The molecular weight excluding hydrogens is 513 g/mol. The summed E-state index contributed by atoms with van der Waals surface area (Å²) >= 11 is 0.475. The molecule has 0 aliphatic carbocycles. The summed E-state index contributed by atoms with van der Waals surface area (Å²) in [5.41, 5.74) is 3.40. The van der Waals surface area contributed by atoms with Crippen molar-refractivity contribution in [2.24, 2.45) is 0 Å². The molecule has 7 nitrogen and oxygen atoms in total. The fraction of sp³-hybridized carbons (Fsp3) is 0.407. The first-order chi connectivity index (χ1) is 18.2. The molecule has 0 bridgehead atoms. The fourth-order valence-corrected chi connectivity index (χ4v) is 5.68. The third-order valence-electron chi connectivity index (χ3n) is 6.77. The molecule has 5 rings (SSSR count). The lowest BCUT2D eigenvalue weighted by molar-refractivity contribution is 0.0957. The number of alkyl halides is 3. The van der Waals surface area contributed by atoms with Gasteiger partial charge in [-0.2, -0.15) is 8.78 Å². The average molecular weight is 543 g/mol. The Balaban J connectivity index is 1.41. The number of imidazole rings is 1. The van der Waals surface area contributed by atoms with Crippen molar-refractivity contribution in [3.05, 3.63) is 53.3 Å². The molecule has 3 aromatic rings. The topological polar surface area (TPSA) is 73.7 Å². The SMILES string of the molecule is CNC(=O)c1ccc(NCC#Cc2nc3c(N[C@@H]4CCN(C)C[C@@H]4F)ccc4n3c2SC(F)(F)CC4)cc1. The number of carbonyl (C=O) groups is 1. The minimum absolute atomic E-state index is 0.173. The van der Waals surface area contributed by atoms with Crippen LogP contribution in [-0.2, 0) is 6.42 Å². The van der Waals surface area contributed by atoms with Crippen LogP contribution in [0.2, 0.25) is 0 Å². The van der Waals surface area contributed by atoms with Crippen LogP contribution in [0.3, 0.4) is 0 Å². The lowest BCUT2D eigenvalue weighted by atomic mass is 10.0. The number of anilines is 2. The van der Waals surface area contributed by atoms with E-state index in [1.807, 2.05) is 24.1 Å². The maximum Gasteiger partial charge on any atom is 0.300 e. The van der Waals surface area contributed by atoms with E-state index in [0.717, 1.165) is 17.9 Å². The molecule has 1 saturated heterocycles. The standard InChI is InChI=1S/C27H29F3N6OS/c1-31-25(37)17-5-7-18(8-6-17)32-14-3-4-23-26-36-19(11-13-27(29,30)38-26)9-10-22(24(36)34-23)33-21-12-15-35(2)16-20(21)28/h5-10,20-21,32-33H,11-16H2,1-2H3,(H,31,37)/t20-,21+/m0/s1. The number of pyridine rings is 1. The van der Waals surface area contributed by atoms with Gasteiger partial charge in [-0.3, -0.25) is 9.20 Å². The minimum Gasteiger partial charge on any atom is -0.376 e. The van der Waals surface area contributed by atoms with Crippen molar-refractivity contribution in [3.63, 3.8) is 0 Å². The van der Waals surface area contributed by atoms with Gasteiger partial charge >= 0.3 is 0 Å². The first kappa shape index (κ1) is 26.3. The Morgan fingerprint density at radius 3 is 2.76 bits per heavy atom. The zero-order chi connectivity index (χ0) is 26.9. The molecule has 1 aromatic carbocycles. The Hall–Kier alpha value is -3.36. The largest absolute Gasteiger partial charge is 0.376 e. The molecule has 0 radical (unpaired) electrons. The highest BCUT2D eigenvalue weighted by molar-refractivity contribution is 8.00. The molecule has 3 N–H and O–H groups in total. The molecule has 200 valence electrons. The highest BCUT2D eigenvalue weighted by Crippen LogP contribution is 2.44. The highest BCUT2D eigenvalue weighted by Gasteiger charge is 2.37. The molecular formula is C27H29F3N6OS.